The minimum absolute atomic E-state index is 0.0625. The van der Waals surface area contributed by atoms with E-state index in [0.717, 1.165) is 5.56 Å². The van der Waals surface area contributed by atoms with E-state index in [9.17, 15) is 10.1 Å². The number of anilines is 2. The molecule has 0 aliphatic carbocycles. The summed E-state index contributed by atoms with van der Waals surface area (Å²) in [5.74, 6) is 5.90. The number of nitrogens with zero attached hydrogens (tertiary/aromatic N) is 2. The molecule has 100 valence electrons. The maximum absolute atomic E-state index is 10.8. The summed E-state index contributed by atoms with van der Waals surface area (Å²) in [6.07, 6.45) is 0. The second-order valence-electron chi connectivity index (χ2n) is 3.93. The van der Waals surface area contributed by atoms with Crippen molar-refractivity contribution in [2.75, 3.05) is 10.7 Å². The molecule has 0 bridgehead atoms. The van der Waals surface area contributed by atoms with E-state index >= 15 is 0 Å². The number of aromatic nitrogens is 1. The molecule has 4 N–H and O–H groups in total. The van der Waals surface area contributed by atoms with Gasteiger partial charge in [0.2, 0.25) is 0 Å². The number of nitrogens with two attached hydrogens (primary N) is 1. The van der Waals surface area contributed by atoms with E-state index in [4.69, 9.17) is 5.84 Å². The summed E-state index contributed by atoms with van der Waals surface area (Å²) in [4.78, 5) is 14.4. The molecule has 2 rings (SSSR count). The number of aryl methyl sites for hydroxylation is 1. The largest absolute Gasteiger partial charge is 0.366 e. The molecule has 2 heterocycles. The van der Waals surface area contributed by atoms with Crippen molar-refractivity contribution < 1.29 is 4.92 Å². The van der Waals surface area contributed by atoms with Gasteiger partial charge in [-0.1, -0.05) is 0 Å². The number of pyridine rings is 1. The normalized spacial score (nSPS) is 10.2. The topological polar surface area (TPSA) is 106 Å². The first-order valence-electron chi connectivity index (χ1n) is 5.49. The monoisotopic (exact) mass is 279 g/mol. The minimum Gasteiger partial charge on any atom is -0.366 e. The first-order valence-corrected chi connectivity index (χ1v) is 6.43. The van der Waals surface area contributed by atoms with Gasteiger partial charge < -0.3 is 10.7 Å². The molecule has 19 heavy (non-hydrogen) atoms. The van der Waals surface area contributed by atoms with Crippen molar-refractivity contribution in [3.05, 3.63) is 44.1 Å². The summed E-state index contributed by atoms with van der Waals surface area (Å²) >= 11 is 1.62. The van der Waals surface area contributed by atoms with Crippen molar-refractivity contribution >= 4 is 28.7 Å². The summed E-state index contributed by atoms with van der Waals surface area (Å²) in [6, 6.07) is 2.66. The molecule has 8 heteroatoms. The van der Waals surface area contributed by atoms with Crippen LogP contribution in [0.4, 0.5) is 17.3 Å². The number of nitro groups is 1. The highest BCUT2D eigenvalue weighted by molar-refractivity contribution is 7.08. The van der Waals surface area contributed by atoms with Gasteiger partial charge in [0.1, 0.15) is 11.6 Å². The van der Waals surface area contributed by atoms with E-state index in [0.29, 0.717) is 12.4 Å². The van der Waals surface area contributed by atoms with Crippen LogP contribution in [0.25, 0.3) is 0 Å². The van der Waals surface area contributed by atoms with Crippen LogP contribution in [0.5, 0.6) is 0 Å². The number of nitrogens with one attached hydrogen (secondary N) is 2. The Kier molecular flexibility index (Phi) is 3.93. The molecule has 0 saturated heterocycles. The molecule has 0 saturated carbocycles. The van der Waals surface area contributed by atoms with E-state index < -0.39 is 4.92 Å². The van der Waals surface area contributed by atoms with Crippen LogP contribution in [0.3, 0.4) is 0 Å². The molecule has 0 aliphatic heterocycles. The Morgan fingerprint density at radius 1 is 1.42 bits per heavy atom. The average molecular weight is 279 g/mol. The molecular weight excluding hydrogens is 266 g/mol. The molecule has 0 amide bonds. The van der Waals surface area contributed by atoms with Gasteiger partial charge in [-0.15, -0.1) is 0 Å². The predicted molar refractivity (Wildman–Crippen MR) is 75.1 cm³/mol. The van der Waals surface area contributed by atoms with Crippen molar-refractivity contribution in [2.24, 2.45) is 5.84 Å². The first-order chi connectivity index (χ1) is 9.10. The van der Waals surface area contributed by atoms with E-state index in [1.165, 1.54) is 17.7 Å². The lowest BCUT2D eigenvalue weighted by Gasteiger charge is -2.07. The third-order valence-corrected chi connectivity index (χ3v) is 3.50. The molecule has 0 aliphatic rings. The summed E-state index contributed by atoms with van der Waals surface area (Å²) < 4.78 is 0. The van der Waals surface area contributed by atoms with Gasteiger partial charge in [-0.05, 0) is 28.8 Å². The Morgan fingerprint density at radius 3 is 2.74 bits per heavy atom. The minimum atomic E-state index is -0.483. The summed E-state index contributed by atoms with van der Waals surface area (Å²) in [6.45, 7) is 2.58. The molecule has 0 aromatic carbocycles. The molecule has 0 unspecified atom stereocenters. The van der Waals surface area contributed by atoms with Gasteiger partial charge in [0.05, 0.1) is 17.1 Å². The quantitative estimate of drug-likeness (QED) is 0.440. The second-order valence-corrected chi connectivity index (χ2v) is 4.67. The third-order valence-electron chi connectivity index (χ3n) is 2.59. The zero-order valence-electron chi connectivity index (χ0n) is 10.2. The maximum atomic E-state index is 10.8. The lowest BCUT2D eigenvalue weighted by Crippen LogP contribution is -2.11. The van der Waals surface area contributed by atoms with Crippen LogP contribution in [-0.4, -0.2) is 9.91 Å². The molecule has 2 aromatic rings. The second kappa shape index (κ2) is 5.63. The number of hydrogen-bond acceptors (Lipinski definition) is 7. The number of thiophene rings is 1. The lowest BCUT2D eigenvalue weighted by molar-refractivity contribution is -0.384. The van der Waals surface area contributed by atoms with Crippen molar-refractivity contribution in [3.63, 3.8) is 0 Å². The van der Waals surface area contributed by atoms with Gasteiger partial charge >= 0.3 is 0 Å². The summed E-state index contributed by atoms with van der Waals surface area (Å²) in [5, 5.41) is 17.9. The van der Waals surface area contributed by atoms with Crippen LogP contribution in [0, 0.1) is 17.0 Å². The highest BCUT2D eigenvalue weighted by atomic mass is 32.1. The molecule has 0 radical (unpaired) electrons. The third kappa shape index (κ3) is 3.18. The van der Waals surface area contributed by atoms with Crippen LogP contribution in [0.1, 0.15) is 11.1 Å². The van der Waals surface area contributed by atoms with E-state index in [-0.39, 0.29) is 11.5 Å². The fourth-order valence-corrected chi connectivity index (χ4v) is 2.40. The van der Waals surface area contributed by atoms with Gasteiger partial charge in [-0.25, -0.2) is 10.8 Å². The Balaban J connectivity index is 2.17. The van der Waals surface area contributed by atoms with Crippen LogP contribution in [0.2, 0.25) is 0 Å². The van der Waals surface area contributed by atoms with Crippen molar-refractivity contribution in [1.29, 1.82) is 0 Å². The fraction of sp³-hybridized carbons (Fsp3) is 0.182. The van der Waals surface area contributed by atoms with Gasteiger partial charge in [-0.3, -0.25) is 10.1 Å². The van der Waals surface area contributed by atoms with Gasteiger partial charge in [0.15, 0.2) is 0 Å². The highest BCUT2D eigenvalue weighted by Crippen LogP contribution is 2.21. The van der Waals surface area contributed by atoms with Crippen LogP contribution in [-0.2, 0) is 6.54 Å². The molecule has 0 fully saturated rings. The number of nitrogen functional groups attached to an aromatic ring is 1. The van der Waals surface area contributed by atoms with Gasteiger partial charge in [0.25, 0.3) is 5.69 Å². The summed E-state index contributed by atoms with van der Waals surface area (Å²) in [5.41, 5.74) is 4.57. The van der Waals surface area contributed by atoms with Crippen LogP contribution in [0.15, 0.2) is 22.9 Å². The zero-order valence-corrected chi connectivity index (χ0v) is 11.0. The van der Waals surface area contributed by atoms with E-state index in [2.05, 4.69) is 15.7 Å². The number of hydrogen-bond donors (Lipinski definition) is 3. The number of rotatable bonds is 5. The molecule has 2 aromatic heterocycles. The van der Waals surface area contributed by atoms with Crippen molar-refractivity contribution in [2.45, 2.75) is 13.5 Å². The van der Waals surface area contributed by atoms with E-state index in [1.807, 2.05) is 17.7 Å². The van der Waals surface area contributed by atoms with Crippen molar-refractivity contribution in [3.8, 4) is 0 Å². The van der Waals surface area contributed by atoms with Gasteiger partial charge in [-0.2, -0.15) is 11.3 Å². The summed E-state index contributed by atoms with van der Waals surface area (Å²) in [7, 11) is 0. The van der Waals surface area contributed by atoms with Crippen molar-refractivity contribution in [1.82, 2.24) is 4.98 Å². The predicted octanol–water partition coefficient (Wildman–Crippen LogP) is 2.26. The number of hydrazine groups is 1. The van der Waals surface area contributed by atoms with Crippen LogP contribution >= 0.6 is 11.3 Å². The maximum Gasteiger partial charge on any atom is 0.276 e. The van der Waals surface area contributed by atoms with Gasteiger partial charge in [0, 0.05) is 6.54 Å². The standard InChI is InChI=1S/C11H13N5O2S/c1-7-5-19-6-8(7)4-13-10-2-9(16(17)18)3-11(14-10)15-12/h2-3,5-6H,4,12H2,1H3,(H2,13,14,15). The van der Waals surface area contributed by atoms with Crippen LogP contribution < -0.4 is 16.6 Å². The molecule has 7 nitrogen and oxygen atoms in total. The Morgan fingerprint density at radius 2 is 2.16 bits per heavy atom. The molecule has 0 spiro atoms. The Bertz CT molecular complexity index is 599. The smallest absolute Gasteiger partial charge is 0.276 e. The highest BCUT2D eigenvalue weighted by Gasteiger charge is 2.11. The lowest BCUT2D eigenvalue weighted by atomic mass is 10.2. The Labute approximate surface area is 113 Å². The SMILES string of the molecule is Cc1cscc1CNc1cc([N+](=O)[O-])cc(NN)n1. The molecule has 0 atom stereocenters. The fourth-order valence-electron chi connectivity index (χ4n) is 1.54. The van der Waals surface area contributed by atoms with E-state index in [1.54, 1.807) is 11.3 Å². The Hall–Kier alpha value is -2.19. The molecular formula is C11H13N5O2S. The zero-order chi connectivity index (χ0) is 13.8. The first kappa shape index (κ1) is 13.2. The average Bonchev–Trinajstić information content (AvgIpc) is 2.81.